The second-order valence-electron chi connectivity index (χ2n) is 9.74. The molecule has 1 nitrogen and oxygen atoms in total. The number of hydrogen-bond acceptors (Lipinski definition) is 1. The molecule has 4 rings (SSSR count). The Bertz CT molecular complexity index is 401. The quantitative estimate of drug-likeness (QED) is 0.696. The van der Waals surface area contributed by atoms with Gasteiger partial charge in [0.15, 0.2) is 0 Å². The summed E-state index contributed by atoms with van der Waals surface area (Å²) >= 11 is 0. The second-order valence-corrected chi connectivity index (χ2v) is 9.74. The first-order valence-electron chi connectivity index (χ1n) is 9.47. The summed E-state index contributed by atoms with van der Waals surface area (Å²) in [6.45, 7) is 14.6. The normalized spacial score (nSPS) is 57.7. The Balaban J connectivity index is 1.42. The topological polar surface area (TPSA) is 9.23 Å². The Hall–Kier alpha value is -0.0400. The molecule has 0 spiro atoms. The van der Waals surface area contributed by atoms with Crippen LogP contribution in [0.2, 0.25) is 0 Å². The second kappa shape index (κ2) is 4.28. The first kappa shape index (κ1) is 14.5. The molecule has 0 aromatic heterocycles. The van der Waals surface area contributed by atoms with E-state index in [1.807, 2.05) is 0 Å². The fourth-order valence-electron chi connectivity index (χ4n) is 6.60. The minimum Gasteiger partial charge on any atom is -0.374 e. The van der Waals surface area contributed by atoms with Crippen LogP contribution in [0.15, 0.2) is 0 Å². The lowest BCUT2D eigenvalue weighted by Gasteiger charge is -2.29. The van der Waals surface area contributed by atoms with Crippen LogP contribution in [0, 0.1) is 46.3 Å². The molecule has 8 atom stereocenters. The summed E-state index contributed by atoms with van der Waals surface area (Å²) in [4.78, 5) is 0. The number of fused-ring (bicyclic) bond motifs is 2. The molecule has 120 valence electrons. The van der Waals surface area contributed by atoms with Gasteiger partial charge in [0.25, 0.3) is 0 Å². The molecule has 0 radical (unpaired) electrons. The smallest absolute Gasteiger partial charge is 0.0612 e. The average Bonchev–Trinajstić information content (AvgIpc) is 3.26. The van der Waals surface area contributed by atoms with Gasteiger partial charge in [0.2, 0.25) is 0 Å². The molecule has 0 aromatic rings. The molecule has 0 aliphatic heterocycles. The molecule has 4 fully saturated rings. The first-order valence-corrected chi connectivity index (χ1v) is 9.47. The van der Waals surface area contributed by atoms with E-state index in [0.717, 1.165) is 35.5 Å². The summed E-state index contributed by atoms with van der Waals surface area (Å²) in [5.41, 5.74) is 1.31. The third-order valence-corrected chi connectivity index (χ3v) is 8.61. The predicted octanol–water partition coefficient (Wildman–Crippen LogP) is 5.14. The molecule has 8 unspecified atom stereocenters. The Morgan fingerprint density at radius 3 is 1.38 bits per heavy atom. The van der Waals surface area contributed by atoms with Crippen molar-refractivity contribution in [3.05, 3.63) is 0 Å². The van der Waals surface area contributed by atoms with Crippen molar-refractivity contribution in [1.29, 1.82) is 0 Å². The van der Waals surface area contributed by atoms with Crippen molar-refractivity contribution < 1.29 is 4.74 Å². The summed E-state index contributed by atoms with van der Waals surface area (Å²) < 4.78 is 6.75. The molecule has 4 saturated carbocycles. The van der Waals surface area contributed by atoms with Gasteiger partial charge in [-0.15, -0.1) is 0 Å². The number of hydrogen-bond donors (Lipinski definition) is 0. The fourth-order valence-corrected chi connectivity index (χ4v) is 6.60. The van der Waals surface area contributed by atoms with Crippen LogP contribution in [-0.4, -0.2) is 12.2 Å². The molecule has 4 aliphatic carbocycles. The maximum absolute atomic E-state index is 6.75. The SMILES string of the molecule is CC1C(OC2CC3(C(C)C)CC3C2C)CC2(C(C)C)CC12. The molecule has 0 amide bonds. The van der Waals surface area contributed by atoms with Crippen LogP contribution < -0.4 is 0 Å². The van der Waals surface area contributed by atoms with Gasteiger partial charge in [-0.3, -0.25) is 0 Å². The number of ether oxygens (including phenoxy) is 1. The van der Waals surface area contributed by atoms with Crippen LogP contribution in [0.1, 0.15) is 67.2 Å². The molecule has 21 heavy (non-hydrogen) atoms. The Labute approximate surface area is 131 Å². The fraction of sp³-hybridized carbons (Fsp3) is 1.00. The summed E-state index contributed by atoms with van der Waals surface area (Å²) in [5.74, 6) is 5.21. The van der Waals surface area contributed by atoms with E-state index in [1.54, 1.807) is 0 Å². The van der Waals surface area contributed by atoms with Crippen molar-refractivity contribution >= 4 is 0 Å². The van der Waals surface area contributed by atoms with Crippen molar-refractivity contribution in [3.63, 3.8) is 0 Å². The van der Waals surface area contributed by atoms with Gasteiger partial charge < -0.3 is 4.74 Å². The van der Waals surface area contributed by atoms with E-state index in [-0.39, 0.29) is 0 Å². The third-order valence-electron chi connectivity index (χ3n) is 8.61. The zero-order valence-electron chi connectivity index (χ0n) is 14.9. The Morgan fingerprint density at radius 1 is 0.714 bits per heavy atom. The lowest BCUT2D eigenvalue weighted by Crippen LogP contribution is -2.30. The molecule has 0 aromatic carbocycles. The van der Waals surface area contributed by atoms with Gasteiger partial charge in [-0.25, -0.2) is 0 Å². The van der Waals surface area contributed by atoms with E-state index in [4.69, 9.17) is 4.74 Å². The molecule has 0 N–H and O–H groups in total. The first-order chi connectivity index (χ1) is 9.82. The lowest BCUT2D eigenvalue weighted by molar-refractivity contribution is -0.0620. The van der Waals surface area contributed by atoms with Gasteiger partial charge in [0.1, 0.15) is 0 Å². The van der Waals surface area contributed by atoms with Gasteiger partial charge in [0.05, 0.1) is 12.2 Å². The maximum Gasteiger partial charge on any atom is 0.0612 e. The van der Waals surface area contributed by atoms with Crippen LogP contribution in [0.5, 0.6) is 0 Å². The van der Waals surface area contributed by atoms with E-state index >= 15 is 0 Å². The van der Waals surface area contributed by atoms with E-state index in [1.165, 1.54) is 25.7 Å². The largest absolute Gasteiger partial charge is 0.374 e. The van der Waals surface area contributed by atoms with E-state index in [2.05, 4.69) is 41.5 Å². The van der Waals surface area contributed by atoms with Gasteiger partial charge >= 0.3 is 0 Å². The van der Waals surface area contributed by atoms with Crippen molar-refractivity contribution in [2.75, 3.05) is 0 Å². The van der Waals surface area contributed by atoms with Crippen LogP contribution in [0.3, 0.4) is 0 Å². The highest BCUT2D eigenvalue weighted by Gasteiger charge is 2.68. The Kier molecular flexibility index (Phi) is 2.96. The van der Waals surface area contributed by atoms with Crippen molar-refractivity contribution in [3.8, 4) is 0 Å². The van der Waals surface area contributed by atoms with Crippen LogP contribution in [0.25, 0.3) is 0 Å². The highest BCUT2D eigenvalue weighted by atomic mass is 16.5. The molecule has 0 saturated heterocycles. The summed E-state index contributed by atoms with van der Waals surface area (Å²) in [7, 11) is 0. The molecule has 0 bridgehead atoms. The monoisotopic (exact) mass is 290 g/mol. The van der Waals surface area contributed by atoms with Crippen LogP contribution in [-0.2, 0) is 4.74 Å². The molecule has 0 heterocycles. The number of rotatable bonds is 4. The average molecular weight is 290 g/mol. The molecular weight excluding hydrogens is 256 g/mol. The van der Waals surface area contributed by atoms with Gasteiger partial charge in [-0.05, 0) is 72.0 Å². The van der Waals surface area contributed by atoms with E-state index in [9.17, 15) is 0 Å². The maximum atomic E-state index is 6.75. The van der Waals surface area contributed by atoms with Crippen molar-refractivity contribution in [2.24, 2.45) is 46.3 Å². The third kappa shape index (κ3) is 1.79. The summed E-state index contributed by atoms with van der Waals surface area (Å²) in [5, 5.41) is 0. The zero-order valence-corrected chi connectivity index (χ0v) is 14.9. The lowest BCUT2D eigenvalue weighted by atomic mass is 9.89. The minimum atomic E-state index is 0.556. The van der Waals surface area contributed by atoms with E-state index in [0.29, 0.717) is 23.0 Å². The predicted molar refractivity (Wildman–Crippen MR) is 87.0 cm³/mol. The highest BCUT2D eigenvalue weighted by Crippen LogP contribution is 2.72. The van der Waals surface area contributed by atoms with Crippen LogP contribution in [0.4, 0.5) is 0 Å². The summed E-state index contributed by atoms with van der Waals surface area (Å²) in [6, 6.07) is 0. The van der Waals surface area contributed by atoms with Crippen LogP contribution >= 0.6 is 0 Å². The van der Waals surface area contributed by atoms with Crippen molar-refractivity contribution in [2.45, 2.75) is 79.4 Å². The molecule has 4 aliphatic rings. The standard InChI is InChI=1S/C20H34O/c1-11(2)19-7-15(19)13(5)17(9-19)21-18-10-20(12(3)4)8-16(20)14(18)6/h11-18H,7-10H2,1-6H3. The molecule has 1 heteroatoms. The van der Waals surface area contributed by atoms with Gasteiger partial charge in [0, 0.05) is 0 Å². The van der Waals surface area contributed by atoms with Crippen molar-refractivity contribution in [1.82, 2.24) is 0 Å². The molecular formula is C20H34O. The highest BCUT2D eigenvalue weighted by molar-refractivity contribution is 5.16. The Morgan fingerprint density at radius 2 is 1.10 bits per heavy atom. The van der Waals surface area contributed by atoms with E-state index < -0.39 is 0 Å². The minimum absolute atomic E-state index is 0.556. The van der Waals surface area contributed by atoms with Gasteiger partial charge in [-0.2, -0.15) is 0 Å². The van der Waals surface area contributed by atoms with Gasteiger partial charge in [-0.1, -0.05) is 41.5 Å². The zero-order chi connectivity index (χ0) is 15.2. The summed E-state index contributed by atoms with van der Waals surface area (Å²) in [6.07, 6.45) is 6.76.